The molecule has 3 nitrogen and oxygen atoms in total. The molecule has 1 aliphatic carbocycles. The molecular formula is C10H8F3NO2. The van der Waals surface area contributed by atoms with E-state index in [0.29, 0.717) is 0 Å². The van der Waals surface area contributed by atoms with Gasteiger partial charge in [0.25, 0.3) is 0 Å². The lowest BCUT2D eigenvalue weighted by molar-refractivity contribution is -0.139. The number of aromatic nitrogens is 1. The summed E-state index contributed by atoms with van der Waals surface area (Å²) in [6.45, 7) is 0. The summed E-state index contributed by atoms with van der Waals surface area (Å²) in [4.78, 5) is 14.8. The smallest absolute Gasteiger partial charge is 0.407 e. The van der Waals surface area contributed by atoms with Gasteiger partial charge in [0.1, 0.15) is 0 Å². The number of ether oxygens (including phenoxy) is 1. The molecule has 0 unspecified atom stereocenters. The van der Waals surface area contributed by atoms with Crippen LogP contribution in [0.5, 0.6) is 5.88 Å². The third-order valence-corrected chi connectivity index (χ3v) is 2.18. The summed E-state index contributed by atoms with van der Waals surface area (Å²) in [6.07, 6.45) is -2.02. The lowest BCUT2D eigenvalue weighted by Crippen LogP contribution is -2.12. The molecule has 86 valence electrons. The van der Waals surface area contributed by atoms with Crippen LogP contribution in [-0.4, -0.2) is 11.0 Å². The number of carbonyl (C=O) groups is 1. The zero-order valence-corrected chi connectivity index (χ0v) is 8.12. The largest absolute Gasteiger partial charge is 0.416 e. The molecule has 0 atom stereocenters. The first kappa shape index (κ1) is 10.9. The van der Waals surface area contributed by atoms with Gasteiger partial charge in [-0.05, 0) is 18.9 Å². The SMILES string of the molecule is O=C(Oc1cc(C(F)(F)F)ccn1)C1CC1. The third kappa shape index (κ3) is 2.50. The van der Waals surface area contributed by atoms with Crippen molar-refractivity contribution in [1.82, 2.24) is 4.98 Å². The first-order valence-corrected chi connectivity index (χ1v) is 4.72. The van der Waals surface area contributed by atoms with Crippen LogP contribution in [0.3, 0.4) is 0 Å². The lowest BCUT2D eigenvalue weighted by Gasteiger charge is -2.07. The highest BCUT2D eigenvalue weighted by molar-refractivity contribution is 5.77. The van der Waals surface area contributed by atoms with E-state index < -0.39 is 17.7 Å². The van der Waals surface area contributed by atoms with Crippen molar-refractivity contribution < 1.29 is 22.7 Å². The predicted octanol–water partition coefficient (Wildman–Crippen LogP) is 2.42. The molecule has 0 aliphatic heterocycles. The first-order valence-electron chi connectivity index (χ1n) is 4.72. The first-order chi connectivity index (χ1) is 7.47. The average molecular weight is 231 g/mol. The molecule has 1 aromatic rings. The fourth-order valence-corrected chi connectivity index (χ4v) is 1.15. The fraction of sp³-hybridized carbons (Fsp3) is 0.400. The molecule has 16 heavy (non-hydrogen) atoms. The van der Waals surface area contributed by atoms with Crippen LogP contribution < -0.4 is 4.74 Å². The molecule has 0 amide bonds. The molecule has 1 saturated carbocycles. The van der Waals surface area contributed by atoms with Crippen molar-refractivity contribution in [3.05, 3.63) is 23.9 Å². The van der Waals surface area contributed by atoms with Gasteiger partial charge in [-0.3, -0.25) is 4.79 Å². The molecule has 6 heteroatoms. The van der Waals surface area contributed by atoms with Gasteiger partial charge in [0.05, 0.1) is 11.5 Å². The van der Waals surface area contributed by atoms with Crippen LogP contribution in [0.25, 0.3) is 0 Å². The van der Waals surface area contributed by atoms with Crippen molar-refractivity contribution in [1.29, 1.82) is 0 Å². The Hall–Kier alpha value is -1.59. The van der Waals surface area contributed by atoms with E-state index in [1.807, 2.05) is 0 Å². The highest BCUT2D eigenvalue weighted by Gasteiger charge is 2.33. The fourth-order valence-electron chi connectivity index (χ4n) is 1.15. The van der Waals surface area contributed by atoms with Crippen LogP contribution in [-0.2, 0) is 11.0 Å². The van der Waals surface area contributed by atoms with Gasteiger partial charge in [-0.2, -0.15) is 13.2 Å². The summed E-state index contributed by atoms with van der Waals surface area (Å²) in [5.41, 5.74) is -0.874. The van der Waals surface area contributed by atoms with Crippen molar-refractivity contribution in [2.45, 2.75) is 19.0 Å². The Kier molecular flexibility index (Phi) is 2.57. The monoisotopic (exact) mass is 231 g/mol. The second kappa shape index (κ2) is 3.77. The third-order valence-electron chi connectivity index (χ3n) is 2.18. The summed E-state index contributed by atoms with van der Waals surface area (Å²) in [7, 11) is 0. The standard InChI is InChI=1S/C10H8F3NO2/c11-10(12,13)7-3-4-14-8(5-7)16-9(15)6-1-2-6/h3-6H,1-2H2. The zero-order chi connectivity index (χ0) is 11.8. The molecule has 0 bridgehead atoms. The molecule has 1 heterocycles. The maximum Gasteiger partial charge on any atom is 0.416 e. The van der Waals surface area contributed by atoms with Gasteiger partial charge in [-0.15, -0.1) is 0 Å². The van der Waals surface area contributed by atoms with Crippen molar-refractivity contribution in [2.75, 3.05) is 0 Å². The molecule has 1 aliphatic rings. The second-order valence-electron chi connectivity index (χ2n) is 3.58. The Morgan fingerprint density at radius 2 is 2.12 bits per heavy atom. The quantitative estimate of drug-likeness (QED) is 0.734. The number of carbonyl (C=O) groups excluding carboxylic acids is 1. The van der Waals surface area contributed by atoms with Crippen molar-refractivity contribution in [3.63, 3.8) is 0 Å². The molecule has 1 fully saturated rings. The summed E-state index contributed by atoms with van der Waals surface area (Å²) >= 11 is 0. The number of esters is 1. The summed E-state index contributed by atoms with van der Waals surface area (Å²) in [5.74, 6) is -0.977. The van der Waals surface area contributed by atoms with E-state index in [1.54, 1.807) is 0 Å². The van der Waals surface area contributed by atoms with Crippen molar-refractivity contribution in [3.8, 4) is 5.88 Å². The minimum absolute atomic E-state index is 0.170. The number of halogens is 3. The number of nitrogens with zero attached hydrogens (tertiary/aromatic N) is 1. The van der Waals surface area contributed by atoms with E-state index in [-0.39, 0.29) is 11.8 Å². The number of hydrogen-bond acceptors (Lipinski definition) is 3. The average Bonchev–Trinajstić information content (AvgIpc) is 2.99. The van der Waals surface area contributed by atoms with Gasteiger partial charge in [0, 0.05) is 12.3 Å². The molecular weight excluding hydrogens is 223 g/mol. The molecule has 0 N–H and O–H groups in total. The van der Waals surface area contributed by atoms with Crippen molar-refractivity contribution in [2.24, 2.45) is 5.92 Å². The minimum atomic E-state index is -4.45. The summed E-state index contributed by atoms with van der Waals surface area (Å²) < 4.78 is 41.6. The normalized spacial score (nSPS) is 15.9. The summed E-state index contributed by atoms with van der Waals surface area (Å²) in [5, 5.41) is 0. The van der Waals surface area contributed by atoms with Gasteiger partial charge in [-0.25, -0.2) is 4.98 Å². The van der Waals surface area contributed by atoms with Crippen LogP contribution in [0.1, 0.15) is 18.4 Å². The number of alkyl halides is 3. The van der Waals surface area contributed by atoms with Gasteiger partial charge in [0.15, 0.2) is 0 Å². The Balaban J connectivity index is 2.12. The zero-order valence-electron chi connectivity index (χ0n) is 8.12. The van der Waals surface area contributed by atoms with E-state index in [9.17, 15) is 18.0 Å². The Labute approximate surface area is 89.2 Å². The van der Waals surface area contributed by atoms with E-state index in [2.05, 4.69) is 4.98 Å². The van der Waals surface area contributed by atoms with Crippen LogP contribution in [0.15, 0.2) is 18.3 Å². The van der Waals surface area contributed by atoms with Crippen molar-refractivity contribution >= 4 is 5.97 Å². The number of rotatable bonds is 2. The predicted molar refractivity (Wildman–Crippen MR) is 47.6 cm³/mol. The molecule has 2 rings (SSSR count). The Morgan fingerprint density at radius 3 is 2.69 bits per heavy atom. The van der Waals surface area contributed by atoms with Gasteiger partial charge >= 0.3 is 12.1 Å². The molecule has 0 spiro atoms. The van der Waals surface area contributed by atoms with Gasteiger partial charge in [-0.1, -0.05) is 0 Å². The second-order valence-corrected chi connectivity index (χ2v) is 3.58. The maximum absolute atomic E-state index is 12.3. The van der Waals surface area contributed by atoms with Gasteiger partial charge < -0.3 is 4.74 Å². The Bertz CT molecular complexity index is 413. The van der Waals surface area contributed by atoms with Crippen LogP contribution in [0.2, 0.25) is 0 Å². The highest BCUT2D eigenvalue weighted by Crippen LogP contribution is 2.32. The molecule has 0 saturated heterocycles. The van der Waals surface area contributed by atoms with E-state index >= 15 is 0 Å². The number of hydrogen-bond donors (Lipinski definition) is 0. The molecule has 1 aromatic heterocycles. The highest BCUT2D eigenvalue weighted by atomic mass is 19.4. The lowest BCUT2D eigenvalue weighted by atomic mass is 10.2. The van der Waals surface area contributed by atoms with Crippen LogP contribution >= 0.6 is 0 Å². The van der Waals surface area contributed by atoms with Crippen LogP contribution in [0.4, 0.5) is 13.2 Å². The van der Waals surface area contributed by atoms with Crippen LogP contribution in [0, 0.1) is 5.92 Å². The van der Waals surface area contributed by atoms with E-state index in [1.165, 1.54) is 0 Å². The molecule has 0 radical (unpaired) electrons. The Morgan fingerprint density at radius 1 is 1.44 bits per heavy atom. The van der Waals surface area contributed by atoms with E-state index in [4.69, 9.17) is 4.74 Å². The number of pyridine rings is 1. The van der Waals surface area contributed by atoms with E-state index in [0.717, 1.165) is 31.2 Å². The van der Waals surface area contributed by atoms with Gasteiger partial charge in [0.2, 0.25) is 5.88 Å². The maximum atomic E-state index is 12.3. The summed E-state index contributed by atoms with van der Waals surface area (Å²) in [6, 6.07) is 1.55. The topological polar surface area (TPSA) is 39.2 Å². The minimum Gasteiger partial charge on any atom is -0.407 e. The molecule has 0 aromatic carbocycles.